The zero-order valence-corrected chi connectivity index (χ0v) is 19.9. The number of methoxy groups -OCH3 is 3. The van der Waals surface area contributed by atoms with Gasteiger partial charge in [-0.1, -0.05) is 18.2 Å². The van der Waals surface area contributed by atoms with E-state index in [-0.39, 0.29) is 36.9 Å². The molecule has 3 rings (SSSR count). The predicted molar refractivity (Wildman–Crippen MR) is 121 cm³/mol. The largest absolute Gasteiger partial charge is 0.496 e. The van der Waals surface area contributed by atoms with Crippen molar-refractivity contribution in [3.63, 3.8) is 0 Å². The van der Waals surface area contributed by atoms with Gasteiger partial charge in [0.2, 0.25) is 10.0 Å². The smallest absolute Gasteiger partial charge is 0.309 e. The maximum absolute atomic E-state index is 13.2. The van der Waals surface area contributed by atoms with Crippen LogP contribution in [0.15, 0.2) is 47.4 Å². The number of para-hydroxylation sites is 1. The molecule has 1 atom stereocenters. The molecule has 1 fully saturated rings. The Balaban J connectivity index is 1.61. The number of sulfonamides is 1. The fourth-order valence-electron chi connectivity index (χ4n) is 3.42. The molecule has 0 aliphatic carbocycles. The second-order valence-electron chi connectivity index (χ2n) is 7.16. The molecule has 2 amide bonds. The predicted octanol–water partition coefficient (Wildman–Crippen LogP) is 0.492. The van der Waals surface area contributed by atoms with Crippen LogP contribution in [0.3, 0.4) is 0 Å². The first kappa shape index (κ1) is 25.3. The van der Waals surface area contributed by atoms with Crippen molar-refractivity contribution >= 4 is 21.8 Å². The van der Waals surface area contributed by atoms with Crippen LogP contribution in [0.25, 0.3) is 0 Å². The molecule has 0 radical (unpaired) electrons. The number of carbonyl (C=O) groups excluding carboxylic acids is 2. The summed E-state index contributed by atoms with van der Waals surface area (Å²) in [6, 6.07) is 11.3. The van der Waals surface area contributed by atoms with Crippen molar-refractivity contribution < 1.29 is 37.0 Å². The van der Waals surface area contributed by atoms with Crippen LogP contribution in [0, 0.1) is 0 Å². The highest BCUT2D eigenvalue weighted by atomic mass is 32.2. The molecule has 12 heteroatoms. The lowest BCUT2D eigenvalue weighted by Gasteiger charge is -2.23. The van der Waals surface area contributed by atoms with Gasteiger partial charge in [0.15, 0.2) is 11.5 Å². The third kappa shape index (κ3) is 5.58. The highest BCUT2D eigenvalue weighted by Gasteiger charge is 2.37. The van der Waals surface area contributed by atoms with Gasteiger partial charge in [-0.25, -0.2) is 8.42 Å². The first-order chi connectivity index (χ1) is 16.3. The standard InChI is InChI=1S/C22H27N3O8S/c1-30-17-7-5-4-6-15(17)13-23-21(26)22(27)24-14-20-25(10-11-33-20)34(28,29)16-8-9-18(31-2)19(12-16)32-3/h4-9,12,20H,10-11,13-14H2,1-3H3,(H,23,26)(H,24,27)/t20-/m1/s1. The van der Waals surface area contributed by atoms with Gasteiger partial charge in [-0.2, -0.15) is 4.31 Å². The summed E-state index contributed by atoms with van der Waals surface area (Å²) in [7, 11) is 0.407. The van der Waals surface area contributed by atoms with Gasteiger partial charge in [-0.05, 0) is 18.2 Å². The Bertz CT molecular complexity index is 1140. The molecular weight excluding hydrogens is 466 g/mol. The van der Waals surface area contributed by atoms with Crippen molar-refractivity contribution in [1.82, 2.24) is 14.9 Å². The number of benzene rings is 2. The Labute approximate surface area is 198 Å². The Morgan fingerprint density at radius 2 is 1.65 bits per heavy atom. The SMILES string of the molecule is COc1ccccc1CNC(=O)C(=O)NC[C@H]1OCCN1S(=O)(=O)c1ccc(OC)c(OC)c1. The lowest BCUT2D eigenvalue weighted by atomic mass is 10.2. The molecule has 184 valence electrons. The normalized spacial score (nSPS) is 16.0. The number of nitrogens with zero attached hydrogens (tertiary/aromatic N) is 1. The van der Waals surface area contributed by atoms with Crippen LogP contribution in [0.4, 0.5) is 0 Å². The van der Waals surface area contributed by atoms with Crippen molar-refractivity contribution in [3.05, 3.63) is 48.0 Å². The maximum Gasteiger partial charge on any atom is 0.309 e. The lowest BCUT2D eigenvalue weighted by Crippen LogP contribution is -2.47. The summed E-state index contributed by atoms with van der Waals surface area (Å²) in [6.07, 6.45) is -0.968. The van der Waals surface area contributed by atoms with E-state index in [1.807, 2.05) is 0 Å². The molecule has 2 aromatic carbocycles. The van der Waals surface area contributed by atoms with E-state index >= 15 is 0 Å². The van der Waals surface area contributed by atoms with Crippen molar-refractivity contribution in [2.45, 2.75) is 17.7 Å². The maximum atomic E-state index is 13.2. The minimum absolute atomic E-state index is 0.0125. The van der Waals surface area contributed by atoms with Gasteiger partial charge < -0.3 is 29.6 Å². The van der Waals surface area contributed by atoms with Gasteiger partial charge in [0.25, 0.3) is 0 Å². The molecule has 1 aliphatic rings. The van der Waals surface area contributed by atoms with Gasteiger partial charge >= 0.3 is 11.8 Å². The van der Waals surface area contributed by atoms with E-state index in [1.54, 1.807) is 24.3 Å². The molecule has 0 spiro atoms. The number of nitrogens with one attached hydrogen (secondary N) is 2. The van der Waals surface area contributed by atoms with E-state index < -0.39 is 28.1 Å². The molecule has 34 heavy (non-hydrogen) atoms. The van der Waals surface area contributed by atoms with Crippen LogP contribution in [0.1, 0.15) is 5.56 Å². The van der Waals surface area contributed by atoms with Crippen LogP contribution >= 0.6 is 0 Å². The number of rotatable bonds is 9. The van der Waals surface area contributed by atoms with E-state index in [9.17, 15) is 18.0 Å². The quantitative estimate of drug-likeness (QED) is 0.483. The molecule has 0 bridgehead atoms. The minimum atomic E-state index is -3.96. The average molecular weight is 494 g/mol. The molecule has 1 heterocycles. The van der Waals surface area contributed by atoms with E-state index in [2.05, 4.69) is 10.6 Å². The Morgan fingerprint density at radius 3 is 2.35 bits per heavy atom. The van der Waals surface area contributed by atoms with Gasteiger partial charge in [0.05, 0.1) is 39.4 Å². The van der Waals surface area contributed by atoms with Crippen molar-refractivity contribution in [2.24, 2.45) is 0 Å². The van der Waals surface area contributed by atoms with Gasteiger partial charge in [-0.15, -0.1) is 0 Å². The zero-order valence-electron chi connectivity index (χ0n) is 19.1. The molecule has 0 unspecified atom stereocenters. The van der Waals surface area contributed by atoms with Gasteiger partial charge in [0.1, 0.15) is 12.0 Å². The summed E-state index contributed by atoms with van der Waals surface area (Å²) in [5.74, 6) is -0.534. The summed E-state index contributed by atoms with van der Waals surface area (Å²) >= 11 is 0. The summed E-state index contributed by atoms with van der Waals surface area (Å²) in [4.78, 5) is 24.4. The summed E-state index contributed by atoms with van der Waals surface area (Å²) < 4.78 is 48.5. The molecule has 2 N–H and O–H groups in total. The number of hydrogen-bond donors (Lipinski definition) is 2. The minimum Gasteiger partial charge on any atom is -0.496 e. The average Bonchev–Trinajstić information content (AvgIpc) is 3.35. The van der Waals surface area contributed by atoms with Crippen LogP contribution in [-0.4, -0.2) is 71.8 Å². The van der Waals surface area contributed by atoms with Crippen LogP contribution in [0.5, 0.6) is 17.2 Å². The second-order valence-corrected chi connectivity index (χ2v) is 9.05. The van der Waals surface area contributed by atoms with Crippen molar-refractivity contribution in [1.29, 1.82) is 0 Å². The third-order valence-electron chi connectivity index (χ3n) is 5.18. The Hall–Kier alpha value is -3.35. The highest BCUT2D eigenvalue weighted by Crippen LogP contribution is 2.31. The van der Waals surface area contributed by atoms with E-state index in [1.165, 1.54) is 39.5 Å². The first-order valence-electron chi connectivity index (χ1n) is 10.3. The van der Waals surface area contributed by atoms with E-state index in [0.717, 1.165) is 4.31 Å². The Kier molecular flexibility index (Phi) is 8.31. The Morgan fingerprint density at radius 1 is 0.971 bits per heavy atom. The van der Waals surface area contributed by atoms with E-state index in [0.29, 0.717) is 17.1 Å². The molecule has 1 saturated heterocycles. The molecule has 0 aromatic heterocycles. The first-order valence-corrected chi connectivity index (χ1v) is 11.8. The topological polar surface area (TPSA) is 132 Å². The monoisotopic (exact) mass is 493 g/mol. The van der Waals surface area contributed by atoms with Crippen molar-refractivity contribution in [3.8, 4) is 17.2 Å². The van der Waals surface area contributed by atoms with Crippen LogP contribution in [0.2, 0.25) is 0 Å². The fourth-order valence-corrected chi connectivity index (χ4v) is 4.95. The third-order valence-corrected chi connectivity index (χ3v) is 7.06. The lowest BCUT2D eigenvalue weighted by molar-refractivity contribution is -0.139. The van der Waals surface area contributed by atoms with Crippen LogP contribution < -0.4 is 24.8 Å². The van der Waals surface area contributed by atoms with Gasteiger partial charge in [0, 0.05) is 24.7 Å². The van der Waals surface area contributed by atoms with Crippen LogP contribution in [-0.2, 0) is 30.9 Å². The fraction of sp³-hybridized carbons (Fsp3) is 0.364. The highest BCUT2D eigenvalue weighted by molar-refractivity contribution is 7.89. The summed E-state index contributed by atoms with van der Waals surface area (Å²) in [6.45, 7) is 0.133. The summed E-state index contributed by atoms with van der Waals surface area (Å²) in [5, 5.41) is 4.94. The molecule has 0 saturated carbocycles. The number of amides is 2. The van der Waals surface area contributed by atoms with E-state index in [4.69, 9.17) is 18.9 Å². The zero-order chi connectivity index (χ0) is 24.7. The molecule has 11 nitrogen and oxygen atoms in total. The van der Waals surface area contributed by atoms with Gasteiger partial charge in [-0.3, -0.25) is 9.59 Å². The molecule has 2 aromatic rings. The number of hydrogen-bond acceptors (Lipinski definition) is 8. The molecular formula is C22H27N3O8S. The molecule has 1 aliphatic heterocycles. The number of carbonyl (C=O) groups is 2. The van der Waals surface area contributed by atoms with Crippen molar-refractivity contribution in [2.75, 3.05) is 41.0 Å². The number of ether oxygens (including phenoxy) is 4. The second kappa shape index (κ2) is 11.2. The summed E-state index contributed by atoms with van der Waals surface area (Å²) in [5.41, 5.74) is 0.706.